The summed E-state index contributed by atoms with van der Waals surface area (Å²) in [6, 6.07) is 3.03. The van der Waals surface area contributed by atoms with Crippen LogP contribution in [0.5, 0.6) is 0 Å². The number of carbonyl (C=O) groups is 2. The summed E-state index contributed by atoms with van der Waals surface area (Å²) in [5, 5.41) is 0.419. The number of aryl methyl sites for hydroxylation is 1. The Balaban J connectivity index is 2.89. The van der Waals surface area contributed by atoms with E-state index < -0.39 is 11.9 Å². The van der Waals surface area contributed by atoms with Gasteiger partial charge in [0.1, 0.15) is 0 Å². The van der Waals surface area contributed by atoms with E-state index in [9.17, 15) is 9.59 Å². The van der Waals surface area contributed by atoms with Crippen molar-refractivity contribution >= 4 is 23.5 Å². The molecule has 0 fully saturated rings. The van der Waals surface area contributed by atoms with Crippen LogP contribution in [0.2, 0.25) is 5.02 Å². The summed E-state index contributed by atoms with van der Waals surface area (Å²) in [4.78, 5) is 24.2. The predicted molar refractivity (Wildman–Crippen MR) is 86.5 cm³/mol. The molecule has 0 N–H and O–H groups in total. The summed E-state index contributed by atoms with van der Waals surface area (Å²) in [5.41, 5.74) is 1.05. The number of carbonyl (C=O) groups excluding carboxylic acids is 2. The first kappa shape index (κ1) is 18.5. The van der Waals surface area contributed by atoms with E-state index in [1.165, 1.54) is 6.07 Å². The van der Waals surface area contributed by atoms with E-state index in [2.05, 4.69) is 13.8 Å². The lowest BCUT2D eigenvalue weighted by molar-refractivity contribution is 0.0460. The van der Waals surface area contributed by atoms with Crippen molar-refractivity contribution in [3.05, 3.63) is 33.8 Å². The average molecular weight is 327 g/mol. The van der Waals surface area contributed by atoms with E-state index in [1.54, 1.807) is 19.9 Å². The quantitative estimate of drug-likeness (QED) is 0.550. The molecule has 0 bridgehead atoms. The summed E-state index contributed by atoms with van der Waals surface area (Å²) in [5.74, 6) is -0.535. The molecule has 0 aliphatic rings. The maximum absolute atomic E-state index is 12.2. The van der Waals surface area contributed by atoms with Crippen molar-refractivity contribution in [2.75, 3.05) is 13.2 Å². The second-order valence-corrected chi connectivity index (χ2v) is 5.95. The molecule has 4 nitrogen and oxygen atoms in total. The summed E-state index contributed by atoms with van der Waals surface area (Å²) in [7, 11) is 0. The Labute approximate surface area is 136 Å². The van der Waals surface area contributed by atoms with Gasteiger partial charge in [-0.3, -0.25) is 0 Å². The number of ether oxygens (including phenoxy) is 2. The largest absolute Gasteiger partial charge is 0.462 e. The maximum atomic E-state index is 12.2. The van der Waals surface area contributed by atoms with E-state index in [1.807, 2.05) is 0 Å². The normalized spacial score (nSPS) is 10.6. The third kappa shape index (κ3) is 5.34. The van der Waals surface area contributed by atoms with Crippen LogP contribution >= 0.6 is 11.6 Å². The van der Waals surface area contributed by atoms with Crippen molar-refractivity contribution in [2.45, 2.75) is 40.5 Å². The number of benzene rings is 1. The number of hydrogen-bond acceptors (Lipinski definition) is 4. The van der Waals surface area contributed by atoms with Crippen LogP contribution in [-0.4, -0.2) is 25.2 Å². The highest BCUT2D eigenvalue weighted by Crippen LogP contribution is 2.23. The van der Waals surface area contributed by atoms with E-state index in [0.717, 1.165) is 12.8 Å². The van der Waals surface area contributed by atoms with E-state index in [-0.39, 0.29) is 17.7 Å². The van der Waals surface area contributed by atoms with Gasteiger partial charge in [-0.15, -0.1) is 0 Å². The highest BCUT2D eigenvalue weighted by molar-refractivity contribution is 6.32. The summed E-state index contributed by atoms with van der Waals surface area (Å²) in [6.45, 7) is 8.27. The summed E-state index contributed by atoms with van der Waals surface area (Å²) >= 11 is 6.05. The standard InChI is InChI=1S/C17H23ClO4/c1-5-21-16(19)13-9-12(4)15(18)10-14(13)17(20)22-8-6-7-11(2)3/h9-11H,5-8H2,1-4H3. The summed E-state index contributed by atoms with van der Waals surface area (Å²) in [6.07, 6.45) is 1.77. The van der Waals surface area contributed by atoms with Crippen LogP contribution < -0.4 is 0 Å². The van der Waals surface area contributed by atoms with Gasteiger partial charge in [-0.2, -0.15) is 0 Å². The zero-order valence-electron chi connectivity index (χ0n) is 13.6. The molecule has 0 aliphatic heterocycles. The lowest BCUT2D eigenvalue weighted by atomic mass is 10.0. The van der Waals surface area contributed by atoms with Gasteiger partial charge in [-0.25, -0.2) is 9.59 Å². The first-order valence-electron chi connectivity index (χ1n) is 7.51. The third-order valence-electron chi connectivity index (χ3n) is 3.17. The molecule has 0 amide bonds. The highest BCUT2D eigenvalue weighted by Gasteiger charge is 2.21. The van der Waals surface area contributed by atoms with Crippen LogP contribution in [0.1, 0.15) is 59.9 Å². The van der Waals surface area contributed by atoms with Crippen molar-refractivity contribution < 1.29 is 19.1 Å². The van der Waals surface area contributed by atoms with Crippen LogP contribution in [0.3, 0.4) is 0 Å². The van der Waals surface area contributed by atoms with Gasteiger partial charge < -0.3 is 9.47 Å². The first-order chi connectivity index (χ1) is 10.4. The van der Waals surface area contributed by atoms with Gasteiger partial charge in [0.2, 0.25) is 0 Å². The SMILES string of the molecule is CCOC(=O)c1cc(C)c(Cl)cc1C(=O)OCCCC(C)C. The Hall–Kier alpha value is -1.55. The molecule has 0 heterocycles. The molecule has 1 aromatic rings. The molecule has 5 heteroatoms. The lowest BCUT2D eigenvalue weighted by Gasteiger charge is -2.11. The fraction of sp³-hybridized carbons (Fsp3) is 0.529. The Kier molecular flexibility index (Phi) is 7.39. The van der Waals surface area contributed by atoms with Crippen molar-refractivity contribution in [3.63, 3.8) is 0 Å². The first-order valence-corrected chi connectivity index (χ1v) is 7.89. The van der Waals surface area contributed by atoms with Gasteiger partial charge in [0.15, 0.2) is 0 Å². The molecule has 22 heavy (non-hydrogen) atoms. The second-order valence-electron chi connectivity index (χ2n) is 5.54. The van der Waals surface area contributed by atoms with Crippen LogP contribution in [0.4, 0.5) is 0 Å². The van der Waals surface area contributed by atoms with Gasteiger partial charge in [0.05, 0.1) is 24.3 Å². The minimum atomic E-state index is -0.547. The van der Waals surface area contributed by atoms with Crippen LogP contribution in [0.25, 0.3) is 0 Å². The smallest absolute Gasteiger partial charge is 0.339 e. The zero-order chi connectivity index (χ0) is 16.7. The number of esters is 2. The van der Waals surface area contributed by atoms with Gasteiger partial charge >= 0.3 is 11.9 Å². The topological polar surface area (TPSA) is 52.6 Å². The van der Waals surface area contributed by atoms with Crippen LogP contribution in [-0.2, 0) is 9.47 Å². The van der Waals surface area contributed by atoms with E-state index >= 15 is 0 Å². The predicted octanol–water partition coefficient (Wildman–Crippen LogP) is 4.42. The molecule has 1 rings (SSSR count). The van der Waals surface area contributed by atoms with Gasteiger partial charge in [0, 0.05) is 5.02 Å². The minimum Gasteiger partial charge on any atom is -0.462 e. The fourth-order valence-electron chi connectivity index (χ4n) is 1.96. The number of rotatable bonds is 7. The molecule has 0 spiro atoms. The molecular weight excluding hydrogens is 304 g/mol. The number of halogens is 1. The van der Waals surface area contributed by atoms with Crippen LogP contribution in [0, 0.1) is 12.8 Å². The molecule has 0 aromatic heterocycles. The molecule has 0 saturated heterocycles. The van der Waals surface area contributed by atoms with Crippen molar-refractivity contribution in [1.29, 1.82) is 0 Å². The highest BCUT2D eigenvalue weighted by atomic mass is 35.5. The van der Waals surface area contributed by atoms with Crippen molar-refractivity contribution in [1.82, 2.24) is 0 Å². The summed E-state index contributed by atoms with van der Waals surface area (Å²) < 4.78 is 10.2. The average Bonchev–Trinajstić information content (AvgIpc) is 2.45. The Bertz CT molecular complexity index is 538. The zero-order valence-corrected chi connectivity index (χ0v) is 14.3. The second kappa shape index (κ2) is 8.79. The van der Waals surface area contributed by atoms with Gasteiger partial charge in [-0.05, 0) is 50.3 Å². The van der Waals surface area contributed by atoms with E-state index in [4.69, 9.17) is 21.1 Å². The molecule has 0 unspecified atom stereocenters. The fourth-order valence-corrected chi connectivity index (χ4v) is 2.13. The Morgan fingerprint density at radius 2 is 1.73 bits per heavy atom. The molecule has 0 saturated carbocycles. The maximum Gasteiger partial charge on any atom is 0.339 e. The monoisotopic (exact) mass is 326 g/mol. The molecular formula is C17H23ClO4. The minimum absolute atomic E-state index is 0.151. The molecule has 0 atom stereocenters. The Morgan fingerprint density at radius 1 is 1.14 bits per heavy atom. The Morgan fingerprint density at radius 3 is 2.32 bits per heavy atom. The van der Waals surface area contributed by atoms with Gasteiger partial charge in [0.25, 0.3) is 0 Å². The van der Waals surface area contributed by atoms with Gasteiger partial charge in [-0.1, -0.05) is 25.4 Å². The van der Waals surface area contributed by atoms with Crippen molar-refractivity contribution in [2.24, 2.45) is 5.92 Å². The lowest BCUT2D eigenvalue weighted by Crippen LogP contribution is -2.15. The van der Waals surface area contributed by atoms with E-state index in [0.29, 0.717) is 23.1 Å². The molecule has 1 aromatic carbocycles. The number of hydrogen-bond donors (Lipinski definition) is 0. The molecule has 122 valence electrons. The van der Waals surface area contributed by atoms with Crippen LogP contribution in [0.15, 0.2) is 12.1 Å². The third-order valence-corrected chi connectivity index (χ3v) is 3.58. The van der Waals surface area contributed by atoms with Crippen molar-refractivity contribution in [3.8, 4) is 0 Å². The molecule has 0 radical (unpaired) electrons. The molecule has 0 aliphatic carbocycles.